The van der Waals surface area contributed by atoms with Crippen molar-refractivity contribution in [2.45, 2.75) is 6.92 Å². The Balaban J connectivity index is 1.63. The van der Waals surface area contributed by atoms with E-state index in [1.54, 1.807) is 48.5 Å². The lowest BCUT2D eigenvalue weighted by Crippen LogP contribution is -2.14. The lowest BCUT2D eigenvalue weighted by molar-refractivity contribution is -0.114. The molecule has 0 atom stereocenters. The normalized spacial score (nSPS) is 9.86. The summed E-state index contributed by atoms with van der Waals surface area (Å²) in [4.78, 5) is 31.6. The highest BCUT2D eigenvalue weighted by Crippen LogP contribution is 2.16. The Morgan fingerprint density at radius 3 is 2.25 bits per heavy atom. The Hall–Kier alpha value is -4.25. The first-order valence-corrected chi connectivity index (χ1v) is 8.32. The zero-order chi connectivity index (χ0) is 19.9. The van der Waals surface area contributed by atoms with Gasteiger partial charge in [0, 0.05) is 24.0 Å². The molecule has 0 aliphatic carbocycles. The molecule has 0 aliphatic heterocycles. The Kier molecular flexibility index (Phi) is 5.58. The maximum atomic E-state index is 12.3. The molecule has 3 rings (SSSR count). The predicted octanol–water partition coefficient (Wildman–Crippen LogP) is 3.30. The molecule has 8 nitrogen and oxygen atoms in total. The molecule has 138 valence electrons. The van der Waals surface area contributed by atoms with Crippen molar-refractivity contribution in [2.75, 3.05) is 16.0 Å². The van der Waals surface area contributed by atoms with Crippen molar-refractivity contribution in [3.63, 3.8) is 0 Å². The summed E-state index contributed by atoms with van der Waals surface area (Å²) in [5.74, 6) is -0.121. The molecule has 3 aromatic rings. The fourth-order valence-electron chi connectivity index (χ4n) is 2.36. The minimum Gasteiger partial charge on any atom is -0.339 e. The summed E-state index contributed by atoms with van der Waals surface area (Å²) in [6.45, 7) is 1.42. The van der Waals surface area contributed by atoms with Crippen LogP contribution < -0.4 is 16.0 Å². The van der Waals surface area contributed by atoms with Crippen LogP contribution in [-0.4, -0.2) is 21.8 Å². The molecule has 0 fully saturated rings. The van der Waals surface area contributed by atoms with Crippen LogP contribution >= 0.6 is 0 Å². The quantitative estimate of drug-likeness (QED) is 0.632. The first kappa shape index (κ1) is 18.5. The third-order valence-corrected chi connectivity index (χ3v) is 3.61. The predicted molar refractivity (Wildman–Crippen MR) is 105 cm³/mol. The van der Waals surface area contributed by atoms with Crippen LogP contribution in [0, 0.1) is 11.3 Å². The van der Waals surface area contributed by atoms with Gasteiger partial charge in [0.15, 0.2) is 0 Å². The molecule has 0 saturated heterocycles. The summed E-state index contributed by atoms with van der Waals surface area (Å²) in [5.41, 5.74) is 2.59. The summed E-state index contributed by atoms with van der Waals surface area (Å²) in [6.07, 6.45) is 2.80. The van der Waals surface area contributed by atoms with E-state index in [4.69, 9.17) is 5.26 Å². The largest absolute Gasteiger partial charge is 0.339 e. The van der Waals surface area contributed by atoms with E-state index in [-0.39, 0.29) is 11.6 Å². The van der Waals surface area contributed by atoms with Crippen LogP contribution in [0.3, 0.4) is 0 Å². The van der Waals surface area contributed by atoms with E-state index in [1.807, 2.05) is 0 Å². The van der Waals surface area contributed by atoms with E-state index in [0.29, 0.717) is 28.4 Å². The van der Waals surface area contributed by atoms with Gasteiger partial charge in [-0.2, -0.15) is 5.26 Å². The van der Waals surface area contributed by atoms with Crippen LogP contribution in [0.25, 0.3) is 0 Å². The maximum absolute atomic E-state index is 12.3. The molecule has 0 saturated carbocycles. The van der Waals surface area contributed by atoms with Gasteiger partial charge in [0.05, 0.1) is 24.0 Å². The number of amides is 2. The van der Waals surface area contributed by atoms with Crippen molar-refractivity contribution in [3.8, 4) is 6.07 Å². The third-order valence-electron chi connectivity index (χ3n) is 3.61. The van der Waals surface area contributed by atoms with Gasteiger partial charge in [-0.1, -0.05) is 6.07 Å². The molecule has 8 heteroatoms. The smallest absolute Gasteiger partial charge is 0.275 e. The molecule has 1 aromatic heterocycles. The van der Waals surface area contributed by atoms with Gasteiger partial charge in [0.25, 0.3) is 5.91 Å². The van der Waals surface area contributed by atoms with Gasteiger partial charge >= 0.3 is 0 Å². The average molecular weight is 372 g/mol. The zero-order valence-corrected chi connectivity index (χ0v) is 14.9. The van der Waals surface area contributed by atoms with Gasteiger partial charge in [-0.25, -0.2) is 9.97 Å². The number of nitriles is 1. The Labute approximate surface area is 161 Å². The number of benzene rings is 2. The maximum Gasteiger partial charge on any atom is 0.275 e. The van der Waals surface area contributed by atoms with E-state index < -0.39 is 5.91 Å². The van der Waals surface area contributed by atoms with Crippen molar-refractivity contribution < 1.29 is 9.59 Å². The molecule has 3 N–H and O–H groups in total. The van der Waals surface area contributed by atoms with Gasteiger partial charge < -0.3 is 16.0 Å². The van der Waals surface area contributed by atoms with Crippen LogP contribution in [0.4, 0.5) is 22.9 Å². The Morgan fingerprint density at radius 2 is 1.64 bits per heavy atom. The third kappa shape index (κ3) is 4.89. The molecular formula is C20H16N6O2. The van der Waals surface area contributed by atoms with Gasteiger partial charge in [-0.3, -0.25) is 9.59 Å². The molecule has 1 heterocycles. The average Bonchev–Trinajstić information content (AvgIpc) is 2.70. The summed E-state index contributed by atoms with van der Waals surface area (Å²) < 4.78 is 0. The second-order valence-corrected chi connectivity index (χ2v) is 5.82. The van der Waals surface area contributed by atoms with E-state index in [2.05, 4.69) is 32.0 Å². The first-order valence-electron chi connectivity index (χ1n) is 8.32. The van der Waals surface area contributed by atoms with Crippen LogP contribution in [-0.2, 0) is 4.79 Å². The molecule has 0 radical (unpaired) electrons. The molecule has 0 spiro atoms. The highest BCUT2D eigenvalue weighted by atomic mass is 16.2. The van der Waals surface area contributed by atoms with Crippen molar-refractivity contribution in [1.29, 1.82) is 5.26 Å². The van der Waals surface area contributed by atoms with E-state index in [0.717, 1.165) is 0 Å². The van der Waals surface area contributed by atoms with Crippen LogP contribution in [0.1, 0.15) is 23.0 Å². The van der Waals surface area contributed by atoms with Gasteiger partial charge in [-0.05, 0) is 42.5 Å². The fraction of sp³-hybridized carbons (Fsp3) is 0.0500. The zero-order valence-electron chi connectivity index (χ0n) is 14.9. The molecule has 0 unspecified atom stereocenters. The van der Waals surface area contributed by atoms with Gasteiger partial charge in [0.2, 0.25) is 5.91 Å². The van der Waals surface area contributed by atoms with Crippen molar-refractivity contribution >= 4 is 34.7 Å². The first-order chi connectivity index (χ1) is 13.5. The number of aromatic nitrogens is 2. The fourth-order valence-corrected chi connectivity index (χ4v) is 2.36. The lowest BCUT2D eigenvalue weighted by atomic mass is 10.2. The minimum absolute atomic E-state index is 0.155. The van der Waals surface area contributed by atoms with E-state index in [1.165, 1.54) is 19.3 Å². The van der Waals surface area contributed by atoms with Crippen LogP contribution in [0.15, 0.2) is 60.9 Å². The Morgan fingerprint density at radius 1 is 0.929 bits per heavy atom. The van der Waals surface area contributed by atoms with Crippen LogP contribution in [0.5, 0.6) is 0 Å². The number of nitrogens with one attached hydrogen (secondary N) is 3. The molecule has 2 aromatic carbocycles. The van der Waals surface area contributed by atoms with E-state index in [9.17, 15) is 9.59 Å². The number of anilines is 4. The monoisotopic (exact) mass is 372 g/mol. The van der Waals surface area contributed by atoms with Crippen molar-refractivity contribution in [1.82, 2.24) is 9.97 Å². The highest BCUT2D eigenvalue weighted by Gasteiger charge is 2.09. The molecule has 0 bridgehead atoms. The number of carbonyl (C=O) groups is 2. The van der Waals surface area contributed by atoms with Crippen LogP contribution in [0.2, 0.25) is 0 Å². The minimum atomic E-state index is -0.405. The second kappa shape index (κ2) is 8.42. The second-order valence-electron chi connectivity index (χ2n) is 5.82. The van der Waals surface area contributed by atoms with Crippen molar-refractivity contribution in [2.24, 2.45) is 0 Å². The summed E-state index contributed by atoms with van der Waals surface area (Å²) >= 11 is 0. The highest BCUT2D eigenvalue weighted by molar-refractivity contribution is 6.02. The molecule has 2 amide bonds. The number of hydrogen-bond donors (Lipinski definition) is 3. The lowest BCUT2D eigenvalue weighted by Gasteiger charge is -2.08. The van der Waals surface area contributed by atoms with Gasteiger partial charge in [0.1, 0.15) is 11.5 Å². The summed E-state index contributed by atoms with van der Waals surface area (Å²) in [5, 5.41) is 17.3. The molecular weight excluding hydrogens is 356 g/mol. The number of carbonyl (C=O) groups excluding carboxylic acids is 2. The van der Waals surface area contributed by atoms with Gasteiger partial charge in [-0.15, -0.1) is 0 Å². The van der Waals surface area contributed by atoms with E-state index >= 15 is 0 Å². The van der Waals surface area contributed by atoms with Crippen molar-refractivity contribution in [3.05, 3.63) is 72.2 Å². The summed E-state index contributed by atoms with van der Waals surface area (Å²) in [7, 11) is 0. The molecule has 28 heavy (non-hydrogen) atoms. The topological polar surface area (TPSA) is 120 Å². The standard InChI is InChI=1S/C20H16N6O2/c1-13(27)24-15-5-7-16(8-6-15)26-20(28)18-11-23-19(12-22-18)25-17-4-2-3-14(9-17)10-21/h2-9,11-12H,1H3,(H,23,25)(H,24,27)(H,26,28). The SMILES string of the molecule is CC(=O)Nc1ccc(NC(=O)c2cnc(Nc3cccc(C#N)c3)cn2)cc1. The molecule has 0 aliphatic rings. The summed E-state index contributed by atoms with van der Waals surface area (Å²) in [6, 6.07) is 15.7. The number of rotatable bonds is 5. The number of nitrogens with zero attached hydrogens (tertiary/aromatic N) is 3. The Bertz CT molecular complexity index is 1040. The number of hydrogen-bond acceptors (Lipinski definition) is 6.